The number of pyridine rings is 1. The molecule has 2 heterocycles. The van der Waals surface area contributed by atoms with Crippen molar-refractivity contribution in [2.45, 2.75) is 6.92 Å². The first-order valence-corrected chi connectivity index (χ1v) is 8.97. The molecule has 0 atom stereocenters. The molecule has 0 spiro atoms. The van der Waals surface area contributed by atoms with Crippen LogP contribution in [0.2, 0.25) is 0 Å². The molecule has 144 valence electrons. The van der Waals surface area contributed by atoms with E-state index in [2.05, 4.69) is 15.3 Å². The summed E-state index contributed by atoms with van der Waals surface area (Å²) < 4.78 is 6.54. The maximum absolute atomic E-state index is 12.9. The van der Waals surface area contributed by atoms with E-state index in [-0.39, 0.29) is 11.5 Å². The molecule has 0 radical (unpaired) electrons. The van der Waals surface area contributed by atoms with Gasteiger partial charge in [0.25, 0.3) is 11.5 Å². The van der Waals surface area contributed by atoms with Crippen LogP contribution in [0.4, 0.5) is 5.69 Å². The fourth-order valence-corrected chi connectivity index (χ4v) is 3.09. The Bertz CT molecular complexity index is 1250. The van der Waals surface area contributed by atoms with Crippen LogP contribution in [0.5, 0.6) is 5.88 Å². The number of rotatable bonds is 4. The van der Waals surface area contributed by atoms with Crippen LogP contribution in [0.25, 0.3) is 16.6 Å². The Hall–Kier alpha value is -4.00. The number of carbonyl (C=O) groups excluding carboxylic acids is 1. The summed E-state index contributed by atoms with van der Waals surface area (Å²) in [6, 6.07) is 17.4. The van der Waals surface area contributed by atoms with Gasteiger partial charge in [0.1, 0.15) is 5.82 Å². The largest absolute Gasteiger partial charge is 0.481 e. The molecular weight excluding hydrogens is 368 g/mol. The van der Waals surface area contributed by atoms with E-state index in [1.165, 1.54) is 17.9 Å². The highest BCUT2D eigenvalue weighted by Gasteiger charge is 2.11. The monoisotopic (exact) mass is 386 g/mol. The number of carbonyl (C=O) groups is 1. The van der Waals surface area contributed by atoms with Crippen LogP contribution in [0, 0.1) is 6.92 Å². The highest BCUT2D eigenvalue weighted by molar-refractivity contribution is 6.04. The molecule has 29 heavy (non-hydrogen) atoms. The van der Waals surface area contributed by atoms with Crippen LogP contribution in [-0.2, 0) is 0 Å². The Kier molecular flexibility index (Phi) is 4.78. The summed E-state index contributed by atoms with van der Waals surface area (Å²) in [7, 11) is 1.53. The summed E-state index contributed by atoms with van der Waals surface area (Å²) in [5.41, 5.74) is 2.19. The first-order valence-electron chi connectivity index (χ1n) is 8.97. The Morgan fingerprint density at radius 3 is 2.48 bits per heavy atom. The van der Waals surface area contributed by atoms with Gasteiger partial charge in [-0.15, -0.1) is 0 Å². The number of methoxy groups -OCH3 is 1. The van der Waals surface area contributed by atoms with Crippen molar-refractivity contribution in [1.29, 1.82) is 0 Å². The van der Waals surface area contributed by atoms with Crippen molar-refractivity contribution < 1.29 is 9.53 Å². The number of ether oxygens (including phenoxy) is 1. The van der Waals surface area contributed by atoms with Gasteiger partial charge in [0, 0.05) is 11.6 Å². The lowest BCUT2D eigenvalue weighted by Gasteiger charge is -2.11. The van der Waals surface area contributed by atoms with E-state index in [0.717, 1.165) is 0 Å². The lowest BCUT2D eigenvalue weighted by atomic mass is 10.1. The molecule has 0 aliphatic heterocycles. The summed E-state index contributed by atoms with van der Waals surface area (Å²) in [5, 5.41) is 3.33. The van der Waals surface area contributed by atoms with Gasteiger partial charge in [-0.25, -0.2) is 9.97 Å². The van der Waals surface area contributed by atoms with Gasteiger partial charge in [0.05, 0.1) is 35.6 Å². The molecule has 0 saturated heterocycles. The van der Waals surface area contributed by atoms with Gasteiger partial charge in [-0.05, 0) is 49.4 Å². The minimum atomic E-state index is -0.274. The number of fused-ring (bicyclic) bond motifs is 1. The number of benzene rings is 2. The van der Waals surface area contributed by atoms with Crippen molar-refractivity contribution in [2.75, 3.05) is 12.4 Å². The molecule has 2 aromatic heterocycles. The molecule has 0 bridgehead atoms. The summed E-state index contributed by atoms with van der Waals surface area (Å²) in [6.45, 7) is 1.78. The lowest BCUT2D eigenvalue weighted by Crippen LogP contribution is -2.22. The predicted octanol–water partition coefficient (Wildman–Crippen LogP) is 3.35. The van der Waals surface area contributed by atoms with Gasteiger partial charge >= 0.3 is 0 Å². The number of amides is 1. The van der Waals surface area contributed by atoms with Gasteiger partial charge in [-0.1, -0.05) is 12.1 Å². The quantitative estimate of drug-likeness (QED) is 0.581. The Balaban J connectivity index is 1.61. The molecule has 4 aromatic rings. The average Bonchev–Trinajstić information content (AvgIpc) is 2.75. The zero-order chi connectivity index (χ0) is 20.4. The first kappa shape index (κ1) is 18.4. The molecule has 7 nitrogen and oxygen atoms in total. The normalized spacial score (nSPS) is 10.7. The van der Waals surface area contributed by atoms with Crippen LogP contribution < -0.4 is 15.6 Å². The van der Waals surface area contributed by atoms with Gasteiger partial charge in [-0.2, -0.15) is 0 Å². The van der Waals surface area contributed by atoms with Gasteiger partial charge in [0.2, 0.25) is 5.88 Å². The Labute approximate surface area is 166 Å². The van der Waals surface area contributed by atoms with Crippen LogP contribution >= 0.6 is 0 Å². The molecule has 2 aromatic carbocycles. The maximum atomic E-state index is 12.9. The van der Waals surface area contributed by atoms with Crippen molar-refractivity contribution >= 4 is 22.5 Å². The summed E-state index contributed by atoms with van der Waals surface area (Å²) >= 11 is 0. The van der Waals surface area contributed by atoms with E-state index < -0.39 is 0 Å². The Morgan fingerprint density at radius 2 is 1.79 bits per heavy atom. The minimum absolute atomic E-state index is 0.144. The summed E-state index contributed by atoms with van der Waals surface area (Å²) in [6.07, 6.45) is 1.52. The lowest BCUT2D eigenvalue weighted by molar-refractivity contribution is 0.102. The molecule has 1 N–H and O–H groups in total. The SMILES string of the molecule is COc1ccc(NC(=O)c2ccc(-n3c(C)nc4ccccc4c3=O)cc2)cn1. The standard InChI is InChI=1S/C22H18N4O3/c1-14-24-19-6-4-3-5-18(19)22(28)26(14)17-10-7-15(8-11-17)21(27)25-16-9-12-20(29-2)23-13-16/h3-13H,1-2H3,(H,25,27). The van der Waals surface area contributed by atoms with Crippen LogP contribution in [0.3, 0.4) is 0 Å². The number of nitrogens with one attached hydrogen (secondary N) is 1. The van der Waals surface area contributed by atoms with E-state index in [4.69, 9.17) is 4.74 Å². The fraction of sp³-hybridized carbons (Fsp3) is 0.0909. The van der Waals surface area contributed by atoms with Crippen LogP contribution in [0.15, 0.2) is 71.7 Å². The fourth-order valence-electron chi connectivity index (χ4n) is 3.09. The number of para-hydroxylation sites is 1. The zero-order valence-electron chi connectivity index (χ0n) is 15.9. The highest BCUT2D eigenvalue weighted by atomic mass is 16.5. The summed E-state index contributed by atoms with van der Waals surface area (Å²) in [5.74, 6) is 0.775. The predicted molar refractivity (Wildman–Crippen MR) is 111 cm³/mol. The van der Waals surface area contributed by atoms with E-state index in [1.807, 2.05) is 18.2 Å². The molecule has 4 rings (SSSR count). The number of aromatic nitrogens is 3. The highest BCUT2D eigenvalue weighted by Crippen LogP contribution is 2.15. The third kappa shape index (κ3) is 3.58. The number of aryl methyl sites for hydroxylation is 1. The molecule has 0 saturated carbocycles. The second-order valence-electron chi connectivity index (χ2n) is 6.41. The smallest absolute Gasteiger partial charge is 0.265 e. The molecule has 0 aliphatic carbocycles. The second kappa shape index (κ2) is 7.55. The number of hydrogen-bond acceptors (Lipinski definition) is 5. The van der Waals surface area contributed by atoms with Crippen molar-refractivity contribution in [3.8, 4) is 11.6 Å². The maximum Gasteiger partial charge on any atom is 0.265 e. The van der Waals surface area contributed by atoms with E-state index in [0.29, 0.717) is 39.5 Å². The van der Waals surface area contributed by atoms with Crippen molar-refractivity contribution in [3.63, 3.8) is 0 Å². The van der Waals surface area contributed by atoms with E-state index in [1.54, 1.807) is 49.4 Å². The van der Waals surface area contributed by atoms with Crippen LogP contribution in [-0.4, -0.2) is 27.6 Å². The third-order valence-electron chi connectivity index (χ3n) is 4.53. The van der Waals surface area contributed by atoms with Gasteiger partial charge in [-0.3, -0.25) is 14.2 Å². The number of nitrogens with zero attached hydrogens (tertiary/aromatic N) is 3. The molecule has 0 unspecified atom stereocenters. The molecule has 0 fully saturated rings. The van der Waals surface area contributed by atoms with Gasteiger partial charge < -0.3 is 10.1 Å². The van der Waals surface area contributed by atoms with Gasteiger partial charge in [0.15, 0.2) is 0 Å². The summed E-state index contributed by atoms with van der Waals surface area (Å²) in [4.78, 5) is 33.9. The zero-order valence-corrected chi connectivity index (χ0v) is 15.9. The average molecular weight is 386 g/mol. The second-order valence-corrected chi connectivity index (χ2v) is 6.41. The third-order valence-corrected chi connectivity index (χ3v) is 4.53. The minimum Gasteiger partial charge on any atom is -0.481 e. The molecular formula is C22H18N4O3. The van der Waals surface area contributed by atoms with Crippen molar-refractivity contribution in [2.24, 2.45) is 0 Å². The van der Waals surface area contributed by atoms with Crippen molar-refractivity contribution in [3.05, 3.63) is 88.6 Å². The number of anilines is 1. The van der Waals surface area contributed by atoms with Crippen molar-refractivity contribution in [1.82, 2.24) is 14.5 Å². The Morgan fingerprint density at radius 1 is 1.03 bits per heavy atom. The molecule has 1 amide bonds. The van der Waals surface area contributed by atoms with E-state index in [9.17, 15) is 9.59 Å². The number of hydrogen-bond donors (Lipinski definition) is 1. The molecule has 7 heteroatoms. The molecule has 0 aliphatic rings. The van der Waals surface area contributed by atoms with Crippen LogP contribution in [0.1, 0.15) is 16.2 Å². The first-order chi connectivity index (χ1) is 14.1. The topological polar surface area (TPSA) is 86.1 Å². The van der Waals surface area contributed by atoms with E-state index >= 15 is 0 Å².